The zero-order chi connectivity index (χ0) is 11.1. The van der Waals surface area contributed by atoms with Crippen molar-refractivity contribution in [3.63, 3.8) is 0 Å². The normalized spacial score (nSPS) is 37.6. The first-order valence-corrected chi connectivity index (χ1v) is 7.38. The molecule has 2 rings (SSSR count). The van der Waals surface area contributed by atoms with Crippen LogP contribution in [0.15, 0.2) is 0 Å². The first-order chi connectivity index (χ1) is 6.92. The van der Waals surface area contributed by atoms with Gasteiger partial charge in [-0.15, -0.1) is 0 Å². The molecule has 2 fully saturated rings. The first kappa shape index (κ1) is 11.8. The second kappa shape index (κ2) is 3.96. The lowest BCUT2D eigenvalue weighted by molar-refractivity contribution is 0.242. The van der Waals surface area contributed by atoms with Crippen LogP contribution >= 0.6 is 11.8 Å². The molecule has 1 aliphatic carbocycles. The molecule has 0 spiro atoms. The summed E-state index contributed by atoms with van der Waals surface area (Å²) in [6.07, 6.45) is 2.78. The fourth-order valence-electron chi connectivity index (χ4n) is 2.48. The van der Waals surface area contributed by atoms with Gasteiger partial charge in [0, 0.05) is 11.8 Å². The quantitative estimate of drug-likeness (QED) is 0.795. The fourth-order valence-corrected chi connectivity index (χ4v) is 4.12. The van der Waals surface area contributed by atoms with Crippen molar-refractivity contribution in [1.82, 2.24) is 5.32 Å². The number of rotatable bonds is 3. The number of hydrogen-bond donors (Lipinski definition) is 1. The molecule has 0 amide bonds. The van der Waals surface area contributed by atoms with Crippen molar-refractivity contribution < 1.29 is 0 Å². The predicted octanol–water partition coefficient (Wildman–Crippen LogP) is 3.15. The monoisotopic (exact) mass is 227 g/mol. The van der Waals surface area contributed by atoms with Gasteiger partial charge >= 0.3 is 0 Å². The maximum Gasteiger partial charge on any atom is 0.0209 e. The highest BCUT2D eigenvalue weighted by atomic mass is 32.2. The van der Waals surface area contributed by atoms with Gasteiger partial charge in [-0.1, -0.05) is 27.7 Å². The highest BCUT2D eigenvalue weighted by molar-refractivity contribution is 7.99. The Bertz CT molecular complexity index is 235. The van der Waals surface area contributed by atoms with Crippen molar-refractivity contribution in [2.75, 3.05) is 18.1 Å². The second-order valence-electron chi connectivity index (χ2n) is 6.66. The van der Waals surface area contributed by atoms with Gasteiger partial charge in [0.15, 0.2) is 0 Å². The lowest BCUT2D eigenvalue weighted by Crippen LogP contribution is -2.47. The molecule has 2 atom stereocenters. The summed E-state index contributed by atoms with van der Waals surface area (Å²) in [4.78, 5) is 0. The highest BCUT2D eigenvalue weighted by Crippen LogP contribution is 2.51. The average molecular weight is 227 g/mol. The van der Waals surface area contributed by atoms with Crippen molar-refractivity contribution in [2.24, 2.45) is 16.7 Å². The third-order valence-electron chi connectivity index (χ3n) is 4.45. The van der Waals surface area contributed by atoms with Gasteiger partial charge in [0.25, 0.3) is 0 Å². The Hall–Kier alpha value is 0.310. The first-order valence-electron chi connectivity index (χ1n) is 6.23. The van der Waals surface area contributed by atoms with Crippen molar-refractivity contribution >= 4 is 11.8 Å². The minimum atomic E-state index is 0.504. The summed E-state index contributed by atoms with van der Waals surface area (Å²) < 4.78 is 0. The Balaban J connectivity index is 1.78. The molecule has 0 aromatic heterocycles. The largest absolute Gasteiger partial charge is 0.312 e. The molecule has 15 heavy (non-hydrogen) atoms. The van der Waals surface area contributed by atoms with E-state index < -0.39 is 0 Å². The zero-order valence-corrected chi connectivity index (χ0v) is 11.4. The minimum Gasteiger partial charge on any atom is -0.312 e. The SMILES string of the molecule is CC1(C)CC1CNC1CSCCC1(C)C. The molecular weight excluding hydrogens is 202 g/mol. The molecule has 1 heterocycles. The summed E-state index contributed by atoms with van der Waals surface area (Å²) in [7, 11) is 0. The van der Waals surface area contributed by atoms with Crippen molar-refractivity contribution in [1.29, 1.82) is 0 Å². The highest BCUT2D eigenvalue weighted by Gasteiger charge is 2.45. The standard InChI is InChI=1S/C13H25NS/c1-12(2)5-6-15-9-11(12)14-8-10-7-13(10,3)4/h10-11,14H,5-9H2,1-4H3. The summed E-state index contributed by atoms with van der Waals surface area (Å²) in [5.41, 5.74) is 1.13. The van der Waals surface area contributed by atoms with E-state index in [1.54, 1.807) is 0 Å². The van der Waals surface area contributed by atoms with E-state index in [9.17, 15) is 0 Å². The number of hydrogen-bond acceptors (Lipinski definition) is 2. The predicted molar refractivity (Wildman–Crippen MR) is 69.4 cm³/mol. The van der Waals surface area contributed by atoms with Gasteiger partial charge in [-0.25, -0.2) is 0 Å². The lowest BCUT2D eigenvalue weighted by Gasteiger charge is -2.39. The van der Waals surface area contributed by atoms with Crippen LogP contribution in [-0.2, 0) is 0 Å². The molecule has 1 aliphatic heterocycles. The van der Waals surface area contributed by atoms with Gasteiger partial charge in [0.1, 0.15) is 0 Å². The smallest absolute Gasteiger partial charge is 0.0209 e. The second-order valence-corrected chi connectivity index (χ2v) is 7.81. The van der Waals surface area contributed by atoms with Crippen molar-refractivity contribution in [2.45, 2.75) is 46.6 Å². The van der Waals surface area contributed by atoms with Crippen LogP contribution in [0, 0.1) is 16.7 Å². The average Bonchev–Trinajstić information content (AvgIpc) is 2.71. The van der Waals surface area contributed by atoms with Crippen LogP contribution in [0.25, 0.3) is 0 Å². The summed E-state index contributed by atoms with van der Waals surface area (Å²) in [6, 6.07) is 0.729. The van der Waals surface area contributed by atoms with Crippen molar-refractivity contribution in [3.8, 4) is 0 Å². The Labute approximate surface area is 98.8 Å². The van der Waals surface area contributed by atoms with E-state index in [1.807, 2.05) is 0 Å². The van der Waals surface area contributed by atoms with Crippen LogP contribution in [0.5, 0.6) is 0 Å². The number of nitrogens with one attached hydrogen (secondary N) is 1. The topological polar surface area (TPSA) is 12.0 Å². The summed E-state index contributed by atoms with van der Waals surface area (Å²) >= 11 is 2.11. The molecule has 0 bridgehead atoms. The van der Waals surface area contributed by atoms with Gasteiger partial charge < -0.3 is 5.32 Å². The Morgan fingerprint density at radius 3 is 2.40 bits per heavy atom. The van der Waals surface area contributed by atoms with Crippen LogP contribution in [0.4, 0.5) is 0 Å². The van der Waals surface area contributed by atoms with E-state index in [2.05, 4.69) is 44.8 Å². The van der Waals surface area contributed by atoms with Crippen molar-refractivity contribution in [3.05, 3.63) is 0 Å². The van der Waals surface area contributed by atoms with Gasteiger partial charge in [-0.2, -0.15) is 11.8 Å². The van der Waals surface area contributed by atoms with Crippen LogP contribution in [0.3, 0.4) is 0 Å². The fraction of sp³-hybridized carbons (Fsp3) is 1.00. The van der Waals surface area contributed by atoms with Gasteiger partial charge in [-0.3, -0.25) is 0 Å². The Morgan fingerprint density at radius 1 is 1.20 bits per heavy atom. The van der Waals surface area contributed by atoms with E-state index in [1.165, 1.54) is 30.9 Å². The Morgan fingerprint density at radius 2 is 1.87 bits per heavy atom. The molecule has 0 aromatic carbocycles. The van der Waals surface area contributed by atoms with E-state index in [-0.39, 0.29) is 0 Å². The molecule has 0 aromatic rings. The summed E-state index contributed by atoms with van der Waals surface area (Å²) in [5.74, 6) is 3.58. The third-order valence-corrected chi connectivity index (χ3v) is 5.51. The number of thioether (sulfide) groups is 1. The van der Waals surface area contributed by atoms with Gasteiger partial charge in [0.05, 0.1) is 0 Å². The lowest BCUT2D eigenvalue weighted by atomic mass is 9.82. The van der Waals surface area contributed by atoms with Gasteiger partial charge in [0.2, 0.25) is 0 Å². The van der Waals surface area contributed by atoms with E-state index >= 15 is 0 Å². The molecule has 2 heteroatoms. The zero-order valence-electron chi connectivity index (χ0n) is 10.6. The maximum atomic E-state index is 3.81. The molecule has 1 saturated heterocycles. The van der Waals surface area contributed by atoms with Crippen LogP contribution < -0.4 is 5.32 Å². The van der Waals surface area contributed by atoms with Crippen LogP contribution in [0.2, 0.25) is 0 Å². The molecule has 1 N–H and O–H groups in total. The van der Waals surface area contributed by atoms with E-state index in [4.69, 9.17) is 0 Å². The maximum absolute atomic E-state index is 3.81. The molecule has 2 unspecified atom stereocenters. The molecular formula is C13H25NS. The molecule has 1 nitrogen and oxygen atoms in total. The van der Waals surface area contributed by atoms with E-state index in [0.717, 1.165) is 12.0 Å². The van der Waals surface area contributed by atoms with Crippen LogP contribution in [-0.4, -0.2) is 24.1 Å². The summed E-state index contributed by atoms with van der Waals surface area (Å²) in [6.45, 7) is 10.9. The molecule has 88 valence electrons. The molecule has 1 saturated carbocycles. The molecule has 2 aliphatic rings. The van der Waals surface area contributed by atoms with Gasteiger partial charge in [-0.05, 0) is 41.9 Å². The Kier molecular flexibility index (Phi) is 3.11. The third kappa shape index (κ3) is 2.71. The van der Waals surface area contributed by atoms with E-state index in [0.29, 0.717) is 10.8 Å². The molecule has 0 radical (unpaired) electrons. The summed E-state index contributed by atoms with van der Waals surface area (Å²) in [5, 5.41) is 3.81. The minimum absolute atomic E-state index is 0.504. The van der Waals surface area contributed by atoms with Crippen LogP contribution in [0.1, 0.15) is 40.5 Å².